The largest absolute Gasteiger partial charge is 0.464 e. The number of esters is 1. The normalized spacial score (nSPS) is 12.1. The summed E-state index contributed by atoms with van der Waals surface area (Å²) in [5, 5.41) is 0.962. The summed E-state index contributed by atoms with van der Waals surface area (Å²) in [6, 6.07) is 15.9. The van der Waals surface area contributed by atoms with Crippen LogP contribution in [0.5, 0.6) is 0 Å². The van der Waals surface area contributed by atoms with E-state index >= 15 is 0 Å². The van der Waals surface area contributed by atoms with E-state index in [4.69, 9.17) is 4.74 Å². The molecule has 0 bridgehead atoms. The summed E-state index contributed by atoms with van der Waals surface area (Å²) in [4.78, 5) is 16.8. The predicted octanol–water partition coefficient (Wildman–Crippen LogP) is 7.76. The number of carbonyl (C=O) groups excluding carboxylic acids is 1. The van der Waals surface area contributed by atoms with Gasteiger partial charge in [0.25, 0.3) is 0 Å². The smallest absolute Gasteiger partial charge is 0.311 e. The Morgan fingerprint density at radius 3 is 2.38 bits per heavy atom. The molecule has 10 heteroatoms. The van der Waals surface area contributed by atoms with Crippen molar-refractivity contribution >= 4 is 77.3 Å². The summed E-state index contributed by atoms with van der Waals surface area (Å²) < 4.78 is 5.47. The Balaban J connectivity index is 0.000000960. The van der Waals surface area contributed by atoms with Crippen molar-refractivity contribution in [3.63, 3.8) is 0 Å². The van der Waals surface area contributed by atoms with E-state index < -0.39 is 5.41 Å². The van der Waals surface area contributed by atoms with Gasteiger partial charge in [-0.15, -0.1) is 26.8 Å². The molecule has 1 heterocycles. The lowest BCUT2D eigenvalue weighted by Crippen LogP contribution is -2.28. The molecule has 0 aliphatic carbocycles. The maximum absolute atomic E-state index is 12.4. The average Bonchev–Trinajstić information content (AvgIpc) is 2.68. The van der Waals surface area contributed by atoms with Gasteiger partial charge in [0.15, 0.2) is 0 Å². The molecule has 0 aliphatic rings. The maximum Gasteiger partial charge on any atom is 0.311 e. The molecule has 0 spiro atoms. The van der Waals surface area contributed by atoms with Gasteiger partial charge in [-0.05, 0) is 55.7 Å². The first-order chi connectivity index (χ1) is 13.7. The van der Waals surface area contributed by atoms with Crippen molar-refractivity contribution in [1.82, 2.24) is 4.98 Å². The van der Waals surface area contributed by atoms with Crippen LogP contribution in [0.3, 0.4) is 0 Å². The SMILES string of the molecule is CC(C)(CC(Br)c1ccccc1)C(=O)OCCSSc1ccccn1.PP(P)P. The van der Waals surface area contributed by atoms with Crippen LogP contribution in [0.1, 0.15) is 30.7 Å². The van der Waals surface area contributed by atoms with Gasteiger partial charge in [0.2, 0.25) is 0 Å². The fourth-order valence-corrected chi connectivity index (χ4v) is 4.99. The summed E-state index contributed by atoms with van der Waals surface area (Å²) in [7, 11) is 11.2. The summed E-state index contributed by atoms with van der Waals surface area (Å²) >= 11 is 3.69. The first-order valence-corrected chi connectivity index (χ1v) is 18.3. The maximum atomic E-state index is 12.4. The quantitative estimate of drug-likeness (QED) is 0.101. The monoisotopic (exact) mass is 569 g/mol. The van der Waals surface area contributed by atoms with Crippen LogP contribution >= 0.6 is 71.3 Å². The van der Waals surface area contributed by atoms with Crippen molar-refractivity contribution in [3.8, 4) is 0 Å². The summed E-state index contributed by atoms with van der Waals surface area (Å²) in [6.45, 7) is 4.40. The van der Waals surface area contributed by atoms with E-state index in [2.05, 4.69) is 59.8 Å². The minimum absolute atomic E-state index is 0.130. The van der Waals surface area contributed by atoms with Crippen LogP contribution in [-0.2, 0) is 9.53 Å². The minimum Gasteiger partial charge on any atom is -0.464 e. The molecule has 2 rings (SSSR count). The molecule has 0 amide bonds. The summed E-state index contributed by atoms with van der Waals surface area (Å²) in [6.07, 6.45) is 2.46. The molecule has 160 valence electrons. The molecule has 4 atom stereocenters. The number of benzene rings is 1. The standard InChI is InChI=1S/C19H22BrNO2S2.H6P4/c1-19(2,14-16(20)15-8-4-3-5-9-15)18(22)23-12-13-24-25-17-10-6-7-11-21-17;1-4(2)3/h3-11,16H,12-14H2,1-2H3;1-3H2. The lowest BCUT2D eigenvalue weighted by atomic mass is 9.86. The van der Waals surface area contributed by atoms with Crippen LogP contribution in [0.2, 0.25) is 0 Å². The lowest BCUT2D eigenvalue weighted by Gasteiger charge is -2.25. The summed E-state index contributed by atoms with van der Waals surface area (Å²) in [5.74, 6) is 0.579. The van der Waals surface area contributed by atoms with Crippen LogP contribution in [0.15, 0.2) is 59.8 Å². The van der Waals surface area contributed by atoms with Gasteiger partial charge in [-0.2, -0.15) is 0 Å². The van der Waals surface area contributed by atoms with Gasteiger partial charge in [-0.3, -0.25) is 4.79 Å². The van der Waals surface area contributed by atoms with Crippen molar-refractivity contribution in [2.75, 3.05) is 12.4 Å². The molecule has 0 fully saturated rings. The Labute approximate surface area is 199 Å². The number of hydrogen-bond acceptors (Lipinski definition) is 5. The Hall–Kier alpha value is 0.740. The highest BCUT2D eigenvalue weighted by Crippen LogP contribution is 2.59. The van der Waals surface area contributed by atoms with E-state index in [0.717, 1.165) is 10.8 Å². The number of halogens is 1. The van der Waals surface area contributed by atoms with Gasteiger partial charge < -0.3 is 4.74 Å². The molecule has 3 nitrogen and oxygen atoms in total. The zero-order valence-corrected chi connectivity index (χ0v) is 24.1. The molecule has 4 unspecified atom stereocenters. The van der Waals surface area contributed by atoms with Gasteiger partial charge in [-0.25, -0.2) is 4.98 Å². The Kier molecular flexibility index (Phi) is 14.9. The highest BCUT2D eigenvalue weighted by atomic mass is 79.9. The topological polar surface area (TPSA) is 39.2 Å². The number of hydrogen-bond donors (Lipinski definition) is 0. The molecule has 0 radical (unpaired) electrons. The molecule has 0 N–H and O–H groups in total. The highest BCUT2D eigenvalue weighted by molar-refractivity contribution is 9.09. The second-order valence-electron chi connectivity index (χ2n) is 6.62. The third-order valence-corrected chi connectivity index (χ3v) is 6.67. The Morgan fingerprint density at radius 2 is 1.79 bits per heavy atom. The van der Waals surface area contributed by atoms with Crippen LogP contribution in [-0.4, -0.2) is 23.3 Å². The second-order valence-corrected chi connectivity index (χ2v) is 21.8. The second kappa shape index (κ2) is 15.5. The lowest BCUT2D eigenvalue weighted by molar-refractivity contribution is -0.153. The fraction of sp³-hybridized carbons (Fsp3) is 0.368. The van der Waals surface area contributed by atoms with E-state index in [1.807, 2.05) is 50.2 Å². The highest BCUT2D eigenvalue weighted by Gasteiger charge is 2.32. The first-order valence-electron chi connectivity index (χ1n) is 8.83. The van der Waals surface area contributed by atoms with Crippen molar-refractivity contribution in [1.29, 1.82) is 0 Å². The Morgan fingerprint density at radius 1 is 1.17 bits per heavy atom. The molecule has 1 aromatic heterocycles. The van der Waals surface area contributed by atoms with E-state index in [-0.39, 0.29) is 17.8 Å². The molecule has 0 saturated carbocycles. The zero-order valence-electron chi connectivity index (χ0n) is 16.5. The van der Waals surface area contributed by atoms with Gasteiger partial charge >= 0.3 is 5.97 Å². The minimum atomic E-state index is -0.539. The first kappa shape index (κ1) is 27.8. The molecule has 2 aromatic rings. The fourth-order valence-electron chi connectivity index (χ4n) is 2.17. The third kappa shape index (κ3) is 13.0. The zero-order chi connectivity index (χ0) is 21.7. The number of alkyl halides is 1. The van der Waals surface area contributed by atoms with Crippen molar-refractivity contribution in [2.24, 2.45) is 5.41 Å². The van der Waals surface area contributed by atoms with Crippen LogP contribution in [0.4, 0.5) is 0 Å². The van der Waals surface area contributed by atoms with Gasteiger partial charge in [-0.1, -0.05) is 63.1 Å². The predicted molar refractivity (Wildman–Crippen MR) is 146 cm³/mol. The third-order valence-electron chi connectivity index (χ3n) is 3.59. The molecule has 1 aromatic carbocycles. The van der Waals surface area contributed by atoms with Crippen LogP contribution < -0.4 is 0 Å². The molecule has 29 heavy (non-hydrogen) atoms. The van der Waals surface area contributed by atoms with E-state index in [1.165, 1.54) is 5.56 Å². The van der Waals surface area contributed by atoms with E-state index in [0.29, 0.717) is 13.0 Å². The average molecular weight is 570 g/mol. The molecule has 0 saturated heterocycles. The number of nitrogens with zero attached hydrogens (tertiary/aromatic N) is 1. The Bertz CT molecular complexity index is 709. The van der Waals surface area contributed by atoms with Crippen LogP contribution in [0, 0.1) is 5.41 Å². The number of aromatic nitrogens is 1. The van der Waals surface area contributed by atoms with Gasteiger partial charge in [0, 0.05) is 16.8 Å². The molecule has 0 aliphatic heterocycles. The van der Waals surface area contributed by atoms with Crippen molar-refractivity contribution < 1.29 is 9.53 Å². The van der Waals surface area contributed by atoms with Crippen LogP contribution in [0.25, 0.3) is 0 Å². The number of rotatable bonds is 9. The number of carbonyl (C=O) groups is 1. The number of ether oxygens (including phenoxy) is 1. The van der Waals surface area contributed by atoms with Gasteiger partial charge in [0.1, 0.15) is 11.6 Å². The van der Waals surface area contributed by atoms with Crippen molar-refractivity contribution in [2.45, 2.75) is 30.1 Å². The van der Waals surface area contributed by atoms with E-state index in [9.17, 15) is 4.79 Å². The summed E-state index contributed by atoms with van der Waals surface area (Å²) in [5.41, 5.74) is 0.633. The van der Waals surface area contributed by atoms with Gasteiger partial charge in [0.05, 0.1) is 5.41 Å². The van der Waals surface area contributed by atoms with E-state index in [1.54, 1.807) is 27.8 Å². The van der Waals surface area contributed by atoms with Crippen molar-refractivity contribution in [3.05, 3.63) is 60.3 Å². The number of pyridine rings is 1. The molecular formula is C19H28BrNO2P4S2. The molecular weight excluding hydrogens is 542 g/mol.